The molecule has 1 nitrogen and oxygen atoms in total. The molecule has 0 saturated carbocycles. The second-order valence-corrected chi connectivity index (χ2v) is 2.42. The molecule has 0 aliphatic heterocycles. The highest BCUT2D eigenvalue weighted by Gasteiger charge is 1.94. The van der Waals surface area contributed by atoms with Crippen molar-refractivity contribution < 1.29 is 4.79 Å². The smallest absolute Gasteiger partial charge is 0.155 e. The number of carbonyl (C=O) groups is 1. The van der Waals surface area contributed by atoms with Crippen LogP contribution in [0.4, 0.5) is 0 Å². The second-order valence-electron chi connectivity index (χ2n) is 2.42. The molecular weight excluding hydrogens is 124 g/mol. The standard InChI is InChI=1S/C9H14O/c1-4-5-9(10)7-6-8(2)3/h4-5H,2,6-7H2,1,3H3/b5-4+. The van der Waals surface area contributed by atoms with E-state index in [1.54, 1.807) is 12.2 Å². The molecule has 0 aromatic heterocycles. The van der Waals surface area contributed by atoms with E-state index in [0.717, 1.165) is 12.0 Å². The third-order valence-electron chi connectivity index (χ3n) is 1.15. The van der Waals surface area contributed by atoms with Gasteiger partial charge in [-0.15, -0.1) is 6.58 Å². The van der Waals surface area contributed by atoms with E-state index >= 15 is 0 Å². The highest BCUT2D eigenvalue weighted by atomic mass is 16.1. The van der Waals surface area contributed by atoms with Crippen LogP contribution in [-0.4, -0.2) is 5.78 Å². The molecule has 56 valence electrons. The summed E-state index contributed by atoms with van der Waals surface area (Å²) in [6.07, 6.45) is 4.77. The summed E-state index contributed by atoms with van der Waals surface area (Å²) in [6, 6.07) is 0. The Morgan fingerprint density at radius 3 is 2.50 bits per heavy atom. The number of hydrogen-bond donors (Lipinski definition) is 0. The first-order chi connectivity index (χ1) is 4.66. The highest BCUT2D eigenvalue weighted by molar-refractivity contribution is 5.89. The molecule has 0 saturated heterocycles. The zero-order valence-electron chi connectivity index (χ0n) is 6.68. The molecule has 10 heavy (non-hydrogen) atoms. The van der Waals surface area contributed by atoms with Gasteiger partial charge in [0.25, 0.3) is 0 Å². The normalized spacial score (nSPS) is 10.2. The summed E-state index contributed by atoms with van der Waals surface area (Å²) in [7, 11) is 0. The van der Waals surface area contributed by atoms with Crippen LogP contribution < -0.4 is 0 Å². The van der Waals surface area contributed by atoms with Gasteiger partial charge in [0, 0.05) is 6.42 Å². The van der Waals surface area contributed by atoms with E-state index < -0.39 is 0 Å². The predicted molar refractivity (Wildman–Crippen MR) is 43.9 cm³/mol. The van der Waals surface area contributed by atoms with E-state index in [2.05, 4.69) is 6.58 Å². The highest BCUT2D eigenvalue weighted by Crippen LogP contribution is 2.01. The quantitative estimate of drug-likeness (QED) is 0.431. The van der Waals surface area contributed by atoms with Crippen LogP contribution in [0, 0.1) is 0 Å². The van der Waals surface area contributed by atoms with Gasteiger partial charge in [-0.25, -0.2) is 0 Å². The molecule has 0 aliphatic rings. The fourth-order valence-corrected chi connectivity index (χ4v) is 0.606. The van der Waals surface area contributed by atoms with Crippen LogP contribution in [-0.2, 0) is 4.79 Å². The topological polar surface area (TPSA) is 17.1 Å². The molecule has 0 aromatic carbocycles. The predicted octanol–water partition coefficient (Wildman–Crippen LogP) is 2.49. The Labute approximate surface area is 62.4 Å². The minimum Gasteiger partial charge on any atom is -0.295 e. The molecule has 0 bridgehead atoms. The van der Waals surface area contributed by atoms with E-state index in [0.29, 0.717) is 6.42 Å². The molecule has 0 N–H and O–H groups in total. The number of allylic oxidation sites excluding steroid dienone is 3. The first-order valence-electron chi connectivity index (χ1n) is 3.46. The van der Waals surface area contributed by atoms with Gasteiger partial charge in [0.2, 0.25) is 0 Å². The first kappa shape index (κ1) is 9.15. The molecule has 0 spiro atoms. The summed E-state index contributed by atoms with van der Waals surface area (Å²) in [6.45, 7) is 7.49. The van der Waals surface area contributed by atoms with Crippen molar-refractivity contribution in [1.82, 2.24) is 0 Å². The average molecular weight is 138 g/mol. The molecule has 0 fully saturated rings. The van der Waals surface area contributed by atoms with Gasteiger partial charge in [-0.2, -0.15) is 0 Å². The Morgan fingerprint density at radius 1 is 1.50 bits per heavy atom. The van der Waals surface area contributed by atoms with E-state index in [-0.39, 0.29) is 5.78 Å². The van der Waals surface area contributed by atoms with Crippen LogP contribution >= 0.6 is 0 Å². The molecule has 0 unspecified atom stereocenters. The van der Waals surface area contributed by atoms with Crippen molar-refractivity contribution in [2.75, 3.05) is 0 Å². The number of hydrogen-bond acceptors (Lipinski definition) is 1. The summed E-state index contributed by atoms with van der Waals surface area (Å²) in [5, 5.41) is 0. The van der Waals surface area contributed by atoms with Crippen molar-refractivity contribution in [3.8, 4) is 0 Å². The Balaban J connectivity index is 3.50. The number of ketones is 1. The largest absolute Gasteiger partial charge is 0.295 e. The van der Waals surface area contributed by atoms with Crippen molar-refractivity contribution in [3.05, 3.63) is 24.3 Å². The molecule has 0 radical (unpaired) electrons. The fraction of sp³-hybridized carbons (Fsp3) is 0.444. The van der Waals surface area contributed by atoms with Crippen LogP contribution in [0.3, 0.4) is 0 Å². The first-order valence-corrected chi connectivity index (χ1v) is 3.46. The molecule has 1 heteroatoms. The Kier molecular flexibility index (Phi) is 4.55. The van der Waals surface area contributed by atoms with Crippen molar-refractivity contribution in [1.29, 1.82) is 0 Å². The maximum Gasteiger partial charge on any atom is 0.155 e. The monoisotopic (exact) mass is 138 g/mol. The summed E-state index contributed by atoms with van der Waals surface area (Å²) in [5.41, 5.74) is 1.07. The molecular formula is C9H14O. The lowest BCUT2D eigenvalue weighted by molar-refractivity contribution is -0.114. The number of carbonyl (C=O) groups excluding carboxylic acids is 1. The summed E-state index contributed by atoms with van der Waals surface area (Å²) in [4.78, 5) is 10.8. The molecule has 0 aliphatic carbocycles. The molecule has 0 atom stereocenters. The van der Waals surface area contributed by atoms with Gasteiger partial charge in [-0.3, -0.25) is 4.79 Å². The third-order valence-corrected chi connectivity index (χ3v) is 1.15. The lowest BCUT2D eigenvalue weighted by Crippen LogP contribution is -1.91. The Bertz CT molecular complexity index is 154. The van der Waals surface area contributed by atoms with Gasteiger partial charge < -0.3 is 0 Å². The Hall–Kier alpha value is -0.850. The van der Waals surface area contributed by atoms with Gasteiger partial charge in [0.1, 0.15) is 0 Å². The lowest BCUT2D eigenvalue weighted by Gasteiger charge is -1.93. The number of rotatable bonds is 4. The van der Waals surface area contributed by atoms with E-state index in [1.807, 2.05) is 13.8 Å². The molecule has 0 amide bonds. The summed E-state index contributed by atoms with van der Waals surface area (Å²) in [5.74, 6) is 0.186. The van der Waals surface area contributed by atoms with Gasteiger partial charge in [-0.1, -0.05) is 11.6 Å². The summed E-state index contributed by atoms with van der Waals surface area (Å²) < 4.78 is 0. The van der Waals surface area contributed by atoms with Crippen LogP contribution in [0.5, 0.6) is 0 Å². The minimum atomic E-state index is 0.186. The third kappa shape index (κ3) is 5.29. The zero-order valence-corrected chi connectivity index (χ0v) is 6.68. The fourth-order valence-electron chi connectivity index (χ4n) is 0.606. The summed E-state index contributed by atoms with van der Waals surface area (Å²) >= 11 is 0. The maximum absolute atomic E-state index is 10.8. The maximum atomic E-state index is 10.8. The molecule has 0 heterocycles. The van der Waals surface area contributed by atoms with Crippen molar-refractivity contribution in [3.63, 3.8) is 0 Å². The molecule has 0 aromatic rings. The van der Waals surface area contributed by atoms with Crippen molar-refractivity contribution in [2.45, 2.75) is 26.7 Å². The van der Waals surface area contributed by atoms with Gasteiger partial charge in [0.05, 0.1) is 0 Å². The van der Waals surface area contributed by atoms with Crippen molar-refractivity contribution >= 4 is 5.78 Å². The van der Waals surface area contributed by atoms with Crippen LogP contribution in [0.25, 0.3) is 0 Å². The van der Waals surface area contributed by atoms with E-state index in [9.17, 15) is 4.79 Å². The minimum absolute atomic E-state index is 0.186. The van der Waals surface area contributed by atoms with Crippen LogP contribution in [0.2, 0.25) is 0 Å². The van der Waals surface area contributed by atoms with E-state index in [1.165, 1.54) is 0 Å². The van der Waals surface area contributed by atoms with Crippen LogP contribution in [0.15, 0.2) is 24.3 Å². The van der Waals surface area contributed by atoms with Gasteiger partial charge in [-0.05, 0) is 26.3 Å². The van der Waals surface area contributed by atoms with Gasteiger partial charge in [0.15, 0.2) is 5.78 Å². The molecule has 0 rings (SSSR count). The van der Waals surface area contributed by atoms with Crippen LogP contribution in [0.1, 0.15) is 26.7 Å². The van der Waals surface area contributed by atoms with Crippen molar-refractivity contribution in [2.24, 2.45) is 0 Å². The second kappa shape index (κ2) is 4.98. The van der Waals surface area contributed by atoms with Gasteiger partial charge >= 0.3 is 0 Å². The van der Waals surface area contributed by atoms with E-state index in [4.69, 9.17) is 0 Å². The Morgan fingerprint density at radius 2 is 2.10 bits per heavy atom. The zero-order chi connectivity index (χ0) is 7.98. The SMILES string of the molecule is C=C(C)CCC(=O)/C=C/C. The average Bonchev–Trinajstić information content (AvgIpc) is 1.85. The lowest BCUT2D eigenvalue weighted by atomic mass is 10.1.